The van der Waals surface area contributed by atoms with Crippen LogP contribution in [0.1, 0.15) is 44.6 Å². The van der Waals surface area contributed by atoms with E-state index in [1.165, 1.54) is 11.0 Å². The second-order valence-electron chi connectivity index (χ2n) is 9.34. The van der Waals surface area contributed by atoms with Gasteiger partial charge >= 0.3 is 5.97 Å². The van der Waals surface area contributed by atoms with Crippen LogP contribution in [0.3, 0.4) is 0 Å². The van der Waals surface area contributed by atoms with E-state index in [4.69, 9.17) is 4.74 Å². The molecule has 2 fully saturated rings. The normalized spacial score (nSPS) is 25.1. The molecule has 1 saturated carbocycles. The van der Waals surface area contributed by atoms with Gasteiger partial charge in [-0.3, -0.25) is 9.69 Å². The van der Waals surface area contributed by atoms with Crippen molar-refractivity contribution < 1.29 is 19.4 Å². The van der Waals surface area contributed by atoms with Crippen molar-refractivity contribution in [1.29, 1.82) is 0 Å². The molecule has 0 radical (unpaired) electrons. The third-order valence-corrected chi connectivity index (χ3v) is 7.51. The first-order valence-electron chi connectivity index (χ1n) is 11.7. The van der Waals surface area contributed by atoms with Gasteiger partial charge in [0.15, 0.2) is 5.82 Å². The number of amides is 1. The number of aliphatic hydroxyl groups excluding tert-OH is 1. The summed E-state index contributed by atoms with van der Waals surface area (Å²) in [5.41, 5.74) is 1.97. The largest absolute Gasteiger partial charge is 0.456 e. The summed E-state index contributed by atoms with van der Waals surface area (Å²) in [6, 6.07) is 4.16. The van der Waals surface area contributed by atoms with Gasteiger partial charge in [-0.25, -0.2) is 9.78 Å². The van der Waals surface area contributed by atoms with Crippen LogP contribution in [-0.4, -0.2) is 84.3 Å². The topological polar surface area (TPSA) is 127 Å². The molecule has 1 aliphatic carbocycles. The fourth-order valence-corrected chi connectivity index (χ4v) is 5.48. The summed E-state index contributed by atoms with van der Waals surface area (Å²) < 4.78 is 6.62. The van der Waals surface area contributed by atoms with Crippen LogP contribution in [0, 0.1) is 5.41 Å². The Labute approximate surface area is 197 Å². The number of rotatable bonds is 7. The summed E-state index contributed by atoms with van der Waals surface area (Å²) in [6.07, 6.45) is 7.53. The molecule has 11 nitrogen and oxygen atoms in total. The third kappa shape index (κ3) is 4.09. The van der Waals surface area contributed by atoms with Crippen molar-refractivity contribution in [3.05, 3.63) is 41.5 Å². The maximum absolute atomic E-state index is 13.4. The molecule has 1 saturated heterocycles. The first-order chi connectivity index (χ1) is 16.5. The molecule has 34 heavy (non-hydrogen) atoms. The number of cyclic esters (lactones) is 1. The lowest BCUT2D eigenvalue weighted by Gasteiger charge is -2.40. The quantitative estimate of drug-likeness (QED) is 0.590. The molecule has 180 valence electrons. The minimum atomic E-state index is -0.352. The van der Waals surface area contributed by atoms with Gasteiger partial charge in [0, 0.05) is 31.9 Å². The molecule has 2 aromatic heterocycles. The van der Waals surface area contributed by atoms with E-state index >= 15 is 0 Å². The molecule has 0 bridgehead atoms. The van der Waals surface area contributed by atoms with E-state index in [1.54, 1.807) is 11.8 Å². The molecule has 2 aliphatic heterocycles. The van der Waals surface area contributed by atoms with Crippen molar-refractivity contribution in [2.75, 3.05) is 26.3 Å². The molecule has 4 heterocycles. The Balaban J connectivity index is 1.23. The number of pyridine rings is 1. The highest BCUT2D eigenvalue weighted by Crippen LogP contribution is 2.47. The minimum Gasteiger partial charge on any atom is -0.456 e. The van der Waals surface area contributed by atoms with Crippen LogP contribution in [0.25, 0.3) is 5.82 Å². The number of aliphatic hydroxyl groups is 1. The highest BCUT2D eigenvalue weighted by atomic mass is 16.5. The summed E-state index contributed by atoms with van der Waals surface area (Å²) in [7, 11) is 0. The number of hydrogen-bond acceptors (Lipinski definition) is 9. The molecule has 0 atom stereocenters. The summed E-state index contributed by atoms with van der Waals surface area (Å²) in [5.74, 6) is 0.452. The lowest BCUT2D eigenvalue weighted by atomic mass is 9.71. The Kier molecular flexibility index (Phi) is 6.13. The summed E-state index contributed by atoms with van der Waals surface area (Å²) >= 11 is 0. The summed E-state index contributed by atoms with van der Waals surface area (Å²) in [6.45, 7) is 3.89. The van der Waals surface area contributed by atoms with E-state index in [0.29, 0.717) is 31.0 Å². The molecular formula is C23H29N7O4. The molecule has 5 rings (SSSR count). The average Bonchev–Trinajstić information content (AvgIpc) is 3.57. The molecule has 1 spiro atoms. The van der Waals surface area contributed by atoms with Crippen LogP contribution < -0.4 is 0 Å². The predicted octanol–water partition coefficient (Wildman–Crippen LogP) is 0.844. The van der Waals surface area contributed by atoms with Crippen LogP contribution in [0.2, 0.25) is 0 Å². The van der Waals surface area contributed by atoms with E-state index < -0.39 is 0 Å². The number of esters is 1. The van der Waals surface area contributed by atoms with Crippen molar-refractivity contribution in [1.82, 2.24) is 35.0 Å². The van der Waals surface area contributed by atoms with Gasteiger partial charge in [-0.15, -0.1) is 5.10 Å². The van der Waals surface area contributed by atoms with Gasteiger partial charge in [0.25, 0.3) is 0 Å². The number of carbonyl (C=O) groups excluding carboxylic acids is 2. The summed E-state index contributed by atoms with van der Waals surface area (Å²) in [4.78, 5) is 33.7. The Hall–Kier alpha value is -3.18. The number of ether oxygens (including phenoxy) is 1. The zero-order valence-electron chi connectivity index (χ0n) is 19.3. The van der Waals surface area contributed by atoms with Crippen LogP contribution >= 0.6 is 0 Å². The zero-order valence-corrected chi connectivity index (χ0v) is 19.3. The Morgan fingerprint density at radius 2 is 2.06 bits per heavy atom. The van der Waals surface area contributed by atoms with Crippen molar-refractivity contribution in [2.24, 2.45) is 5.41 Å². The molecule has 0 aromatic carbocycles. The number of nitrogens with zero attached hydrogens (tertiary/aromatic N) is 7. The van der Waals surface area contributed by atoms with Crippen molar-refractivity contribution in [3.8, 4) is 5.82 Å². The fourth-order valence-electron chi connectivity index (χ4n) is 5.48. The monoisotopic (exact) mass is 467 g/mol. The number of likely N-dealkylation sites (tertiary alicyclic amines) is 1. The molecule has 11 heteroatoms. The zero-order chi connectivity index (χ0) is 23.7. The number of aromatic nitrogens is 5. The van der Waals surface area contributed by atoms with Gasteiger partial charge in [0.05, 0.1) is 23.3 Å². The maximum Gasteiger partial charge on any atom is 0.336 e. The molecule has 0 unspecified atom stereocenters. The van der Waals surface area contributed by atoms with E-state index in [9.17, 15) is 14.7 Å². The van der Waals surface area contributed by atoms with Crippen LogP contribution in [0.15, 0.2) is 35.9 Å². The van der Waals surface area contributed by atoms with E-state index in [0.717, 1.165) is 43.4 Å². The SMILES string of the molecule is CC1=C(N2CC[C@]3(CC[C@@H](N(CCO)Cc4ccc(-n5cnnn5)nc4)CC3)C2=O)COC1=O. The van der Waals surface area contributed by atoms with Gasteiger partial charge in [-0.05, 0) is 61.1 Å². The molecule has 2 aromatic rings. The second kappa shape index (κ2) is 9.22. The van der Waals surface area contributed by atoms with Crippen molar-refractivity contribution >= 4 is 11.9 Å². The molecule has 1 amide bonds. The van der Waals surface area contributed by atoms with Crippen molar-refractivity contribution in [2.45, 2.75) is 51.6 Å². The predicted molar refractivity (Wildman–Crippen MR) is 119 cm³/mol. The van der Waals surface area contributed by atoms with Gasteiger partial charge in [0.1, 0.15) is 12.9 Å². The maximum atomic E-state index is 13.4. The van der Waals surface area contributed by atoms with E-state index in [-0.39, 0.29) is 36.5 Å². The van der Waals surface area contributed by atoms with E-state index in [2.05, 4.69) is 25.4 Å². The Morgan fingerprint density at radius 3 is 2.68 bits per heavy atom. The van der Waals surface area contributed by atoms with Gasteiger partial charge in [0.2, 0.25) is 5.91 Å². The standard InChI is InChI=1S/C23H29N7O4/c1-16-19(14-34-21(16)32)29-9-8-23(22(29)33)6-4-18(5-7-23)28(10-11-31)13-17-2-3-20(24-12-17)30-15-25-26-27-30/h2-3,12,15,18,31H,4-11,13-14H2,1H3/t18-,23-. The Morgan fingerprint density at radius 1 is 1.24 bits per heavy atom. The summed E-state index contributed by atoms with van der Waals surface area (Å²) in [5, 5.41) is 20.8. The smallest absolute Gasteiger partial charge is 0.336 e. The molecule has 3 aliphatic rings. The van der Waals surface area contributed by atoms with E-state index in [1.807, 2.05) is 18.3 Å². The first kappa shape index (κ1) is 22.6. The highest BCUT2D eigenvalue weighted by Gasteiger charge is 2.50. The number of tetrazole rings is 1. The first-order valence-corrected chi connectivity index (χ1v) is 11.7. The highest BCUT2D eigenvalue weighted by molar-refractivity contribution is 5.94. The third-order valence-electron chi connectivity index (χ3n) is 7.51. The van der Waals surface area contributed by atoms with Gasteiger partial charge in [-0.2, -0.15) is 4.68 Å². The number of hydrogen-bond donors (Lipinski definition) is 1. The molecular weight excluding hydrogens is 438 g/mol. The lowest BCUT2D eigenvalue weighted by molar-refractivity contribution is -0.138. The fraction of sp³-hybridized carbons (Fsp3) is 0.565. The van der Waals surface area contributed by atoms with Gasteiger partial charge < -0.3 is 14.7 Å². The Bertz CT molecular complexity index is 1080. The lowest BCUT2D eigenvalue weighted by Crippen LogP contribution is -2.44. The van der Waals surface area contributed by atoms with Gasteiger partial charge in [-0.1, -0.05) is 6.07 Å². The number of carbonyl (C=O) groups is 2. The van der Waals surface area contributed by atoms with Crippen LogP contribution in [-0.2, 0) is 20.9 Å². The average molecular weight is 468 g/mol. The van der Waals surface area contributed by atoms with Crippen molar-refractivity contribution in [3.63, 3.8) is 0 Å². The van der Waals surface area contributed by atoms with Crippen LogP contribution in [0.4, 0.5) is 0 Å². The van der Waals surface area contributed by atoms with Crippen LogP contribution in [0.5, 0.6) is 0 Å². The molecule has 1 N–H and O–H groups in total. The minimum absolute atomic E-state index is 0.0753. The second-order valence-corrected chi connectivity index (χ2v) is 9.34.